The summed E-state index contributed by atoms with van der Waals surface area (Å²) in [4.78, 5) is 11.3. The number of nitrogens with one attached hydrogen (secondary N) is 1. The lowest BCUT2D eigenvalue weighted by Gasteiger charge is -2.13. The van der Waals surface area contributed by atoms with Crippen molar-refractivity contribution in [2.45, 2.75) is 38.8 Å². The van der Waals surface area contributed by atoms with E-state index < -0.39 is 0 Å². The van der Waals surface area contributed by atoms with E-state index in [-0.39, 0.29) is 5.91 Å². The fraction of sp³-hybridized carbons (Fsp3) is 0.500. The predicted molar refractivity (Wildman–Crippen MR) is 68.6 cm³/mol. The van der Waals surface area contributed by atoms with E-state index in [2.05, 4.69) is 12.2 Å². The first-order chi connectivity index (χ1) is 8.16. The summed E-state index contributed by atoms with van der Waals surface area (Å²) in [7, 11) is 0. The average molecular weight is 232 g/mol. The van der Waals surface area contributed by atoms with Crippen molar-refractivity contribution in [1.82, 2.24) is 5.32 Å². The Kier molecular flexibility index (Phi) is 3.79. The zero-order valence-corrected chi connectivity index (χ0v) is 10.3. The van der Waals surface area contributed by atoms with Crippen molar-refractivity contribution in [3.8, 4) is 0 Å². The molecule has 2 rings (SSSR count). The summed E-state index contributed by atoms with van der Waals surface area (Å²) < 4.78 is 0. The van der Waals surface area contributed by atoms with Crippen LogP contribution in [0.4, 0.5) is 0 Å². The van der Waals surface area contributed by atoms with Crippen molar-refractivity contribution in [2.75, 3.05) is 0 Å². The third kappa shape index (κ3) is 3.07. The normalized spacial score (nSPS) is 23.8. The summed E-state index contributed by atoms with van der Waals surface area (Å²) in [5.74, 6) is 0.473. The van der Waals surface area contributed by atoms with Crippen LogP contribution in [0.15, 0.2) is 24.3 Å². The molecule has 0 aliphatic heterocycles. The first-order valence-electron chi connectivity index (χ1n) is 6.28. The molecule has 3 N–H and O–H groups in total. The number of carbonyl (C=O) groups is 1. The summed E-state index contributed by atoms with van der Waals surface area (Å²) in [6.07, 6.45) is 3.77. The predicted octanol–water partition coefficient (Wildman–Crippen LogP) is 2.06. The van der Waals surface area contributed by atoms with E-state index in [9.17, 15) is 4.79 Å². The third-order valence-electron chi connectivity index (χ3n) is 3.56. The Morgan fingerprint density at radius 3 is 2.82 bits per heavy atom. The number of nitrogens with two attached hydrogens (primary N) is 1. The maximum Gasteiger partial charge on any atom is 0.249 e. The summed E-state index contributed by atoms with van der Waals surface area (Å²) in [5.41, 5.74) is 6.98. The molecule has 1 saturated carbocycles. The molecule has 2 unspecified atom stereocenters. The molecule has 1 aliphatic rings. The highest BCUT2D eigenvalue weighted by Crippen LogP contribution is 2.24. The maximum absolute atomic E-state index is 11.3. The maximum atomic E-state index is 11.3. The lowest BCUT2D eigenvalue weighted by atomic mass is 10.1. The largest absolute Gasteiger partial charge is 0.366 e. The van der Waals surface area contributed by atoms with Crippen LogP contribution in [0, 0.1) is 5.92 Å². The third-order valence-corrected chi connectivity index (χ3v) is 3.56. The van der Waals surface area contributed by atoms with Crippen molar-refractivity contribution in [2.24, 2.45) is 11.7 Å². The van der Waals surface area contributed by atoms with E-state index in [4.69, 9.17) is 5.73 Å². The molecular weight excluding hydrogens is 212 g/mol. The van der Waals surface area contributed by atoms with Crippen LogP contribution in [-0.4, -0.2) is 11.9 Å². The van der Waals surface area contributed by atoms with Gasteiger partial charge in [0.25, 0.3) is 0 Å². The molecule has 17 heavy (non-hydrogen) atoms. The van der Waals surface area contributed by atoms with E-state index in [1.165, 1.54) is 19.3 Å². The van der Waals surface area contributed by atoms with Crippen LogP contribution in [0.25, 0.3) is 0 Å². The van der Waals surface area contributed by atoms with Crippen molar-refractivity contribution in [1.29, 1.82) is 0 Å². The first kappa shape index (κ1) is 12.1. The topological polar surface area (TPSA) is 55.1 Å². The molecule has 92 valence electrons. The molecule has 0 bridgehead atoms. The van der Waals surface area contributed by atoms with Gasteiger partial charge in [-0.3, -0.25) is 4.79 Å². The Morgan fingerprint density at radius 1 is 1.41 bits per heavy atom. The number of amides is 1. The van der Waals surface area contributed by atoms with Crippen molar-refractivity contribution >= 4 is 5.91 Å². The van der Waals surface area contributed by atoms with Crippen LogP contribution in [0.1, 0.15) is 42.1 Å². The molecular formula is C14H20N2O. The Balaban J connectivity index is 1.97. The lowest BCUT2D eigenvalue weighted by molar-refractivity contribution is 0.0999. The number of carbonyl (C=O) groups excluding carboxylic acids is 1. The molecule has 0 saturated heterocycles. The van der Waals surface area contributed by atoms with Gasteiger partial charge in [-0.1, -0.05) is 25.1 Å². The van der Waals surface area contributed by atoms with Gasteiger partial charge in [-0.2, -0.15) is 0 Å². The standard InChI is InChI=1S/C14H20N2O/c1-10-6-7-12(8-10)16-9-11-4-2-3-5-13(11)14(15)17/h2-5,10,12,16H,6-9H2,1H3,(H2,15,17). The SMILES string of the molecule is CC1CCC(NCc2ccccc2C(N)=O)C1. The minimum atomic E-state index is -0.345. The number of hydrogen-bond acceptors (Lipinski definition) is 2. The summed E-state index contributed by atoms with van der Waals surface area (Å²) in [6, 6.07) is 8.13. The van der Waals surface area contributed by atoms with Crippen LogP contribution < -0.4 is 11.1 Å². The smallest absolute Gasteiger partial charge is 0.249 e. The summed E-state index contributed by atoms with van der Waals surface area (Å²) >= 11 is 0. The second-order valence-electron chi connectivity index (χ2n) is 5.02. The van der Waals surface area contributed by atoms with E-state index in [1.807, 2.05) is 18.2 Å². The molecule has 1 fully saturated rings. The number of rotatable bonds is 4. The van der Waals surface area contributed by atoms with E-state index in [0.717, 1.165) is 18.0 Å². The number of benzene rings is 1. The van der Waals surface area contributed by atoms with Crippen LogP contribution in [-0.2, 0) is 6.54 Å². The minimum Gasteiger partial charge on any atom is -0.366 e. The van der Waals surface area contributed by atoms with E-state index in [1.54, 1.807) is 6.07 Å². The van der Waals surface area contributed by atoms with Gasteiger partial charge in [0, 0.05) is 18.2 Å². The second kappa shape index (κ2) is 5.32. The molecule has 0 heterocycles. The minimum absolute atomic E-state index is 0.345. The lowest BCUT2D eigenvalue weighted by Crippen LogP contribution is -2.27. The van der Waals surface area contributed by atoms with Gasteiger partial charge in [-0.15, -0.1) is 0 Å². The molecule has 0 aromatic heterocycles. The van der Waals surface area contributed by atoms with Crippen molar-refractivity contribution in [3.63, 3.8) is 0 Å². The van der Waals surface area contributed by atoms with Crippen molar-refractivity contribution < 1.29 is 4.79 Å². The molecule has 1 amide bonds. The van der Waals surface area contributed by atoms with E-state index in [0.29, 0.717) is 11.6 Å². The van der Waals surface area contributed by atoms with Gasteiger partial charge in [0.2, 0.25) is 5.91 Å². The molecule has 1 aliphatic carbocycles. The molecule has 0 spiro atoms. The summed E-state index contributed by atoms with van der Waals surface area (Å²) in [5, 5.41) is 3.52. The van der Waals surface area contributed by atoms with Gasteiger partial charge in [-0.25, -0.2) is 0 Å². The quantitative estimate of drug-likeness (QED) is 0.835. The van der Waals surface area contributed by atoms with Gasteiger partial charge < -0.3 is 11.1 Å². The Bertz CT molecular complexity index is 403. The zero-order chi connectivity index (χ0) is 12.3. The van der Waals surface area contributed by atoms with E-state index >= 15 is 0 Å². The molecule has 1 aromatic carbocycles. The van der Waals surface area contributed by atoms with Crippen LogP contribution >= 0.6 is 0 Å². The highest BCUT2D eigenvalue weighted by Gasteiger charge is 2.20. The molecule has 2 atom stereocenters. The number of primary amides is 1. The molecule has 3 nitrogen and oxygen atoms in total. The van der Waals surface area contributed by atoms with Gasteiger partial charge in [0.05, 0.1) is 0 Å². The summed E-state index contributed by atoms with van der Waals surface area (Å²) in [6.45, 7) is 3.02. The van der Waals surface area contributed by atoms with Gasteiger partial charge in [-0.05, 0) is 36.8 Å². The van der Waals surface area contributed by atoms with Crippen molar-refractivity contribution in [3.05, 3.63) is 35.4 Å². The first-order valence-corrected chi connectivity index (χ1v) is 6.28. The van der Waals surface area contributed by atoms with Crippen LogP contribution in [0.3, 0.4) is 0 Å². The highest BCUT2D eigenvalue weighted by atomic mass is 16.1. The fourth-order valence-electron chi connectivity index (χ4n) is 2.56. The molecule has 0 radical (unpaired) electrons. The average Bonchev–Trinajstić information content (AvgIpc) is 2.73. The highest BCUT2D eigenvalue weighted by molar-refractivity contribution is 5.94. The molecule has 1 aromatic rings. The monoisotopic (exact) mass is 232 g/mol. The van der Waals surface area contributed by atoms with Gasteiger partial charge in [0.15, 0.2) is 0 Å². The number of hydrogen-bond donors (Lipinski definition) is 2. The Labute approximate surface area is 102 Å². The second-order valence-corrected chi connectivity index (χ2v) is 5.02. The Morgan fingerprint density at radius 2 is 2.18 bits per heavy atom. The van der Waals surface area contributed by atoms with Crippen LogP contribution in [0.5, 0.6) is 0 Å². The fourth-order valence-corrected chi connectivity index (χ4v) is 2.56. The Hall–Kier alpha value is -1.35. The molecule has 3 heteroatoms. The van der Waals surface area contributed by atoms with Gasteiger partial charge >= 0.3 is 0 Å². The zero-order valence-electron chi connectivity index (χ0n) is 10.3. The van der Waals surface area contributed by atoms with Crippen LogP contribution in [0.2, 0.25) is 0 Å². The van der Waals surface area contributed by atoms with Gasteiger partial charge in [0.1, 0.15) is 0 Å².